The minimum Gasteiger partial charge on any atom is -0.351 e. The molecule has 0 heterocycles. The maximum atomic E-state index is 12.4. The van der Waals surface area contributed by atoms with Crippen LogP contribution in [0, 0.1) is 17.8 Å². The van der Waals surface area contributed by atoms with E-state index in [1.807, 2.05) is 44.2 Å². The van der Waals surface area contributed by atoms with E-state index in [0.717, 1.165) is 17.4 Å². The zero-order valence-corrected chi connectivity index (χ0v) is 16.0. The van der Waals surface area contributed by atoms with Crippen LogP contribution in [0.1, 0.15) is 52.0 Å². The second-order valence-corrected chi connectivity index (χ2v) is 8.41. The third kappa shape index (κ3) is 4.09. The van der Waals surface area contributed by atoms with E-state index in [-0.39, 0.29) is 24.5 Å². The average Bonchev–Trinajstić information content (AvgIpc) is 3.25. The number of carbonyl (C=O) groups excluding carboxylic acids is 2. The van der Waals surface area contributed by atoms with E-state index in [1.54, 1.807) is 0 Å². The van der Waals surface area contributed by atoms with Crippen molar-refractivity contribution in [1.29, 1.82) is 0 Å². The smallest absolute Gasteiger partial charge is 0.253 e. The number of benzene rings is 1. The summed E-state index contributed by atoms with van der Waals surface area (Å²) in [4.78, 5) is 29.7. The van der Waals surface area contributed by atoms with Crippen molar-refractivity contribution in [3.63, 3.8) is 0 Å². The molecule has 4 unspecified atom stereocenters. The maximum Gasteiger partial charge on any atom is 0.253 e. The van der Waals surface area contributed by atoms with Gasteiger partial charge in [-0.25, -0.2) is 5.48 Å². The molecule has 0 spiro atoms. The Morgan fingerprint density at radius 2 is 1.92 bits per heavy atom. The van der Waals surface area contributed by atoms with E-state index in [0.29, 0.717) is 5.92 Å². The maximum absolute atomic E-state index is 12.4. The zero-order chi connectivity index (χ0) is 18.7. The number of amides is 2. The fraction of sp³-hybridized carbons (Fsp3) is 0.619. The molecular weight excluding hydrogens is 328 g/mol. The van der Waals surface area contributed by atoms with E-state index < -0.39 is 5.41 Å². The molecule has 142 valence electrons. The lowest BCUT2D eigenvalue weighted by Crippen LogP contribution is -2.44. The summed E-state index contributed by atoms with van der Waals surface area (Å²) in [5, 5.41) is 3.04. The summed E-state index contributed by atoms with van der Waals surface area (Å²) in [5.74, 6) is 1.77. The highest BCUT2D eigenvalue weighted by Crippen LogP contribution is 2.49. The van der Waals surface area contributed by atoms with Crippen LogP contribution in [-0.2, 0) is 19.8 Å². The summed E-state index contributed by atoms with van der Waals surface area (Å²) < 4.78 is 0. The normalized spacial score (nSPS) is 25.7. The van der Waals surface area contributed by atoms with E-state index >= 15 is 0 Å². The predicted octanol–water partition coefficient (Wildman–Crippen LogP) is 2.95. The first-order valence-corrected chi connectivity index (χ1v) is 9.65. The lowest BCUT2D eigenvalue weighted by atomic mass is 9.84. The summed E-state index contributed by atoms with van der Waals surface area (Å²) in [5.41, 5.74) is 2.59. The molecule has 3 rings (SSSR count). The molecule has 2 N–H and O–H groups in total. The summed E-state index contributed by atoms with van der Waals surface area (Å²) in [6, 6.07) is 9.69. The van der Waals surface area contributed by atoms with E-state index in [1.165, 1.54) is 25.7 Å². The van der Waals surface area contributed by atoms with Gasteiger partial charge in [0.05, 0.1) is 5.41 Å². The van der Waals surface area contributed by atoms with Crippen LogP contribution in [0.15, 0.2) is 30.3 Å². The third-order valence-corrected chi connectivity index (χ3v) is 6.25. The largest absolute Gasteiger partial charge is 0.351 e. The molecule has 2 aliphatic carbocycles. The van der Waals surface area contributed by atoms with Gasteiger partial charge in [-0.1, -0.05) is 36.8 Å². The standard InChI is InChI=1S/C21H30N2O3/c1-14(18-12-15-9-10-16(18)11-15)22-19(24)13-26-23-20(25)21(2,3)17-7-5-4-6-8-17/h4-8,14-16,18H,9-13H2,1-3H3,(H,22,24)(H,23,25). The van der Waals surface area contributed by atoms with Crippen molar-refractivity contribution < 1.29 is 14.4 Å². The molecule has 2 fully saturated rings. The molecule has 26 heavy (non-hydrogen) atoms. The molecule has 1 aromatic carbocycles. The third-order valence-electron chi connectivity index (χ3n) is 6.25. The lowest BCUT2D eigenvalue weighted by molar-refractivity contribution is -0.143. The van der Waals surface area contributed by atoms with Gasteiger partial charge in [0.15, 0.2) is 6.61 Å². The van der Waals surface area contributed by atoms with Gasteiger partial charge >= 0.3 is 0 Å². The Morgan fingerprint density at radius 3 is 2.54 bits per heavy atom. The molecule has 5 nitrogen and oxygen atoms in total. The quantitative estimate of drug-likeness (QED) is 0.737. The fourth-order valence-electron chi connectivity index (χ4n) is 4.59. The van der Waals surface area contributed by atoms with Gasteiger partial charge in [-0.3, -0.25) is 14.4 Å². The van der Waals surface area contributed by atoms with Crippen molar-refractivity contribution in [2.24, 2.45) is 17.8 Å². The lowest BCUT2D eigenvalue weighted by Gasteiger charge is -2.28. The minimum absolute atomic E-state index is 0.165. The molecule has 2 saturated carbocycles. The molecule has 0 radical (unpaired) electrons. The van der Waals surface area contributed by atoms with Gasteiger partial charge in [-0.05, 0) is 63.4 Å². The topological polar surface area (TPSA) is 67.4 Å². The minimum atomic E-state index is -0.728. The molecule has 0 aromatic heterocycles. The summed E-state index contributed by atoms with van der Waals surface area (Å²) in [6.45, 7) is 5.58. The molecule has 0 saturated heterocycles. The van der Waals surface area contributed by atoms with Gasteiger partial charge < -0.3 is 5.32 Å². The SMILES string of the molecule is CC(NC(=O)CONC(=O)C(C)(C)c1ccccc1)C1CC2CCC1C2. The van der Waals surface area contributed by atoms with Crippen molar-refractivity contribution in [2.75, 3.05) is 6.61 Å². The van der Waals surface area contributed by atoms with Crippen molar-refractivity contribution in [1.82, 2.24) is 10.8 Å². The van der Waals surface area contributed by atoms with Crippen LogP contribution < -0.4 is 10.8 Å². The van der Waals surface area contributed by atoms with Crippen LogP contribution in [0.5, 0.6) is 0 Å². The van der Waals surface area contributed by atoms with Crippen LogP contribution in [-0.4, -0.2) is 24.5 Å². The van der Waals surface area contributed by atoms with Crippen LogP contribution in [0.3, 0.4) is 0 Å². The van der Waals surface area contributed by atoms with Crippen molar-refractivity contribution in [3.8, 4) is 0 Å². The van der Waals surface area contributed by atoms with Gasteiger partial charge in [-0.15, -0.1) is 0 Å². The van der Waals surface area contributed by atoms with Gasteiger partial charge in [0, 0.05) is 6.04 Å². The second kappa shape index (κ2) is 7.78. The zero-order valence-electron chi connectivity index (χ0n) is 16.0. The highest BCUT2D eigenvalue weighted by Gasteiger charge is 2.42. The van der Waals surface area contributed by atoms with Crippen LogP contribution in [0.4, 0.5) is 0 Å². The first-order valence-electron chi connectivity index (χ1n) is 9.65. The number of rotatable bonds is 7. The van der Waals surface area contributed by atoms with Gasteiger partial charge in [0.1, 0.15) is 0 Å². The number of fused-ring (bicyclic) bond motifs is 2. The summed E-state index contributed by atoms with van der Waals surface area (Å²) in [6.07, 6.45) is 5.21. The molecule has 0 aliphatic heterocycles. The average molecular weight is 358 g/mol. The summed E-state index contributed by atoms with van der Waals surface area (Å²) >= 11 is 0. The van der Waals surface area contributed by atoms with Gasteiger partial charge in [0.2, 0.25) is 5.91 Å². The number of hydroxylamine groups is 1. The van der Waals surface area contributed by atoms with Gasteiger partial charge in [-0.2, -0.15) is 0 Å². The Kier molecular flexibility index (Phi) is 5.66. The van der Waals surface area contributed by atoms with Crippen molar-refractivity contribution in [2.45, 2.75) is 57.9 Å². The highest BCUT2D eigenvalue weighted by molar-refractivity contribution is 5.86. The molecule has 4 atom stereocenters. The summed E-state index contributed by atoms with van der Waals surface area (Å²) in [7, 11) is 0. The Labute approximate surface area is 155 Å². The number of hydrogen-bond acceptors (Lipinski definition) is 3. The second-order valence-electron chi connectivity index (χ2n) is 8.41. The Balaban J connectivity index is 1.41. The van der Waals surface area contributed by atoms with E-state index in [9.17, 15) is 9.59 Å². The number of hydrogen-bond donors (Lipinski definition) is 2. The number of carbonyl (C=O) groups is 2. The molecule has 2 bridgehead atoms. The molecular formula is C21H30N2O3. The molecule has 2 aliphatic rings. The predicted molar refractivity (Wildman–Crippen MR) is 100 cm³/mol. The monoisotopic (exact) mass is 358 g/mol. The fourth-order valence-corrected chi connectivity index (χ4v) is 4.59. The Bertz CT molecular complexity index is 644. The van der Waals surface area contributed by atoms with Crippen molar-refractivity contribution in [3.05, 3.63) is 35.9 Å². The van der Waals surface area contributed by atoms with E-state index in [2.05, 4.69) is 17.7 Å². The van der Waals surface area contributed by atoms with Crippen molar-refractivity contribution >= 4 is 11.8 Å². The Morgan fingerprint density at radius 1 is 1.19 bits per heavy atom. The van der Waals surface area contributed by atoms with Gasteiger partial charge in [0.25, 0.3) is 5.91 Å². The molecule has 2 amide bonds. The Hall–Kier alpha value is -1.88. The van der Waals surface area contributed by atoms with E-state index in [4.69, 9.17) is 4.84 Å². The first kappa shape index (κ1) is 18.9. The highest BCUT2D eigenvalue weighted by atomic mass is 16.7. The number of nitrogens with one attached hydrogen (secondary N) is 2. The molecule has 5 heteroatoms. The molecule has 1 aromatic rings. The van der Waals surface area contributed by atoms with Crippen LogP contribution in [0.2, 0.25) is 0 Å². The first-order chi connectivity index (χ1) is 12.4. The van der Waals surface area contributed by atoms with Crippen LogP contribution >= 0.6 is 0 Å². The van der Waals surface area contributed by atoms with Crippen LogP contribution in [0.25, 0.3) is 0 Å².